The van der Waals surface area contributed by atoms with Gasteiger partial charge in [-0.3, -0.25) is 9.59 Å². The summed E-state index contributed by atoms with van der Waals surface area (Å²) in [5.74, 6) is -1.60. The fourth-order valence-corrected chi connectivity index (χ4v) is 3.55. The molecule has 2 rings (SSSR count). The number of hydrogen-bond donors (Lipinski definition) is 2. The topological polar surface area (TPSA) is 101 Å². The summed E-state index contributed by atoms with van der Waals surface area (Å²) in [6, 6.07) is 4.36. The van der Waals surface area contributed by atoms with Gasteiger partial charge in [0.2, 0.25) is 0 Å². The van der Waals surface area contributed by atoms with Crippen molar-refractivity contribution in [2.24, 2.45) is 5.92 Å². The summed E-state index contributed by atoms with van der Waals surface area (Å²) in [6.45, 7) is 1.89. The molecular weight excluding hydrogens is 318 g/mol. The average Bonchev–Trinajstić information content (AvgIpc) is 2.94. The summed E-state index contributed by atoms with van der Waals surface area (Å²) in [5.41, 5.74) is 1.11. The molecule has 0 unspecified atom stereocenters. The lowest BCUT2D eigenvalue weighted by Gasteiger charge is -2.15. The number of carboxylic acids is 1. The Morgan fingerprint density at radius 1 is 1.30 bits per heavy atom. The Hall–Kier alpha value is -1.89. The molecule has 1 aromatic carbocycles. The van der Waals surface area contributed by atoms with Gasteiger partial charge in [0, 0.05) is 17.9 Å². The Bertz CT molecular complexity index is 726. The van der Waals surface area contributed by atoms with E-state index in [1.807, 2.05) is 6.92 Å². The van der Waals surface area contributed by atoms with Crippen molar-refractivity contribution < 1.29 is 23.1 Å². The van der Waals surface area contributed by atoms with Crippen LogP contribution < -0.4 is 5.32 Å². The molecular formula is C16H21NO5S. The standard InChI is InChI=1S/C16H21NO5S/c1-3-10-5-7-13(23(2,21)22)9-14(10)15(18)17-12-6-4-11(8-12)16(19)20/h5,7,9,11-12H,3-4,6,8H2,1-2H3,(H,17,18)(H,19,20)/t11-,12+/m1/s1. The first kappa shape index (κ1) is 17.5. The van der Waals surface area contributed by atoms with Crippen LogP contribution in [0.1, 0.15) is 42.1 Å². The molecule has 2 N–H and O–H groups in total. The van der Waals surface area contributed by atoms with E-state index in [0.717, 1.165) is 11.8 Å². The van der Waals surface area contributed by atoms with Crippen molar-refractivity contribution in [1.29, 1.82) is 0 Å². The first-order valence-electron chi connectivity index (χ1n) is 7.59. The number of benzene rings is 1. The molecule has 6 nitrogen and oxygen atoms in total. The third-order valence-corrected chi connectivity index (χ3v) is 5.36. The van der Waals surface area contributed by atoms with Crippen LogP contribution in [0.25, 0.3) is 0 Å². The van der Waals surface area contributed by atoms with E-state index >= 15 is 0 Å². The highest BCUT2D eigenvalue weighted by molar-refractivity contribution is 7.90. The average molecular weight is 339 g/mol. The van der Waals surface area contributed by atoms with Crippen LogP contribution in [0.2, 0.25) is 0 Å². The summed E-state index contributed by atoms with van der Waals surface area (Å²) < 4.78 is 23.3. The minimum absolute atomic E-state index is 0.106. The molecule has 0 bridgehead atoms. The van der Waals surface area contributed by atoms with Crippen LogP contribution in [0, 0.1) is 5.92 Å². The van der Waals surface area contributed by atoms with E-state index in [1.54, 1.807) is 6.07 Å². The third kappa shape index (κ3) is 4.10. The Morgan fingerprint density at radius 2 is 2.00 bits per heavy atom. The van der Waals surface area contributed by atoms with E-state index in [4.69, 9.17) is 5.11 Å². The van der Waals surface area contributed by atoms with Crippen molar-refractivity contribution >= 4 is 21.7 Å². The van der Waals surface area contributed by atoms with E-state index in [-0.39, 0.29) is 16.8 Å². The quantitative estimate of drug-likeness (QED) is 0.849. The predicted molar refractivity (Wildman–Crippen MR) is 85.2 cm³/mol. The first-order chi connectivity index (χ1) is 10.7. The maximum Gasteiger partial charge on any atom is 0.306 e. The van der Waals surface area contributed by atoms with Crippen molar-refractivity contribution in [3.8, 4) is 0 Å². The second kappa shape index (κ2) is 6.70. The number of carboxylic acid groups (broad SMARTS) is 1. The van der Waals surface area contributed by atoms with Crippen molar-refractivity contribution in [2.45, 2.75) is 43.5 Å². The van der Waals surface area contributed by atoms with Crippen molar-refractivity contribution in [3.05, 3.63) is 29.3 Å². The highest BCUT2D eigenvalue weighted by Crippen LogP contribution is 2.26. The summed E-state index contributed by atoms with van der Waals surface area (Å²) in [7, 11) is -3.39. The van der Waals surface area contributed by atoms with E-state index in [1.165, 1.54) is 12.1 Å². The molecule has 1 aliphatic rings. The molecule has 0 radical (unpaired) electrons. The minimum Gasteiger partial charge on any atom is -0.481 e. The molecule has 1 saturated carbocycles. The Balaban J connectivity index is 2.20. The van der Waals surface area contributed by atoms with Crippen LogP contribution in [0.4, 0.5) is 0 Å². The second-order valence-corrected chi connectivity index (χ2v) is 7.98. The number of amides is 1. The lowest BCUT2D eigenvalue weighted by atomic mass is 10.0. The van der Waals surface area contributed by atoms with E-state index < -0.39 is 21.7 Å². The Labute approximate surface area is 135 Å². The van der Waals surface area contributed by atoms with Gasteiger partial charge >= 0.3 is 5.97 Å². The van der Waals surface area contributed by atoms with E-state index in [2.05, 4.69) is 5.32 Å². The molecule has 0 aromatic heterocycles. The van der Waals surface area contributed by atoms with Crippen LogP contribution in [0.3, 0.4) is 0 Å². The van der Waals surface area contributed by atoms with Gasteiger partial charge < -0.3 is 10.4 Å². The zero-order valence-electron chi connectivity index (χ0n) is 13.2. The van der Waals surface area contributed by atoms with Gasteiger partial charge in [0.25, 0.3) is 5.91 Å². The zero-order valence-corrected chi connectivity index (χ0v) is 14.0. The van der Waals surface area contributed by atoms with Crippen LogP contribution in [0.15, 0.2) is 23.1 Å². The molecule has 126 valence electrons. The summed E-state index contributed by atoms with van der Waals surface area (Å²) in [5, 5.41) is 11.8. The Kier molecular flexibility index (Phi) is 5.09. The fourth-order valence-electron chi connectivity index (χ4n) is 2.91. The predicted octanol–water partition coefficient (Wildman–Crippen LogP) is 1.64. The molecule has 1 aromatic rings. The van der Waals surface area contributed by atoms with Crippen LogP contribution in [0.5, 0.6) is 0 Å². The number of nitrogens with one attached hydrogen (secondary N) is 1. The molecule has 23 heavy (non-hydrogen) atoms. The highest BCUT2D eigenvalue weighted by Gasteiger charge is 2.31. The summed E-state index contributed by atoms with van der Waals surface area (Å²) in [6.07, 6.45) is 3.29. The molecule has 0 spiro atoms. The molecule has 1 aliphatic carbocycles. The molecule has 2 atom stereocenters. The molecule has 7 heteroatoms. The number of aryl methyl sites for hydroxylation is 1. The van der Waals surface area contributed by atoms with Crippen LogP contribution >= 0.6 is 0 Å². The maximum absolute atomic E-state index is 12.5. The van der Waals surface area contributed by atoms with Gasteiger partial charge in [-0.2, -0.15) is 0 Å². The van der Waals surface area contributed by atoms with Gasteiger partial charge in [-0.25, -0.2) is 8.42 Å². The normalized spacial score (nSPS) is 21.1. The van der Waals surface area contributed by atoms with Gasteiger partial charge in [-0.15, -0.1) is 0 Å². The number of carbonyl (C=O) groups excluding carboxylic acids is 1. The SMILES string of the molecule is CCc1ccc(S(C)(=O)=O)cc1C(=O)N[C@H]1CC[C@@H](C(=O)O)C1. The van der Waals surface area contributed by atoms with Crippen molar-refractivity contribution in [3.63, 3.8) is 0 Å². The second-order valence-electron chi connectivity index (χ2n) is 5.96. The van der Waals surface area contributed by atoms with Crippen molar-refractivity contribution in [2.75, 3.05) is 6.26 Å². The zero-order chi connectivity index (χ0) is 17.2. The number of rotatable bonds is 5. The smallest absolute Gasteiger partial charge is 0.306 e. The molecule has 1 fully saturated rings. The Morgan fingerprint density at radius 3 is 2.52 bits per heavy atom. The summed E-state index contributed by atoms with van der Waals surface area (Å²) in [4.78, 5) is 23.6. The van der Waals surface area contributed by atoms with Gasteiger partial charge in [0.1, 0.15) is 0 Å². The lowest BCUT2D eigenvalue weighted by molar-refractivity contribution is -0.141. The monoisotopic (exact) mass is 339 g/mol. The molecule has 0 heterocycles. The van der Waals surface area contributed by atoms with E-state index in [0.29, 0.717) is 31.2 Å². The fraction of sp³-hybridized carbons (Fsp3) is 0.500. The lowest BCUT2D eigenvalue weighted by Crippen LogP contribution is -2.34. The van der Waals surface area contributed by atoms with Crippen molar-refractivity contribution in [1.82, 2.24) is 5.32 Å². The van der Waals surface area contributed by atoms with Crippen LogP contribution in [-0.2, 0) is 21.1 Å². The minimum atomic E-state index is -3.39. The first-order valence-corrected chi connectivity index (χ1v) is 9.48. The van der Waals surface area contributed by atoms with Crippen LogP contribution in [-0.4, -0.2) is 37.7 Å². The highest BCUT2D eigenvalue weighted by atomic mass is 32.2. The van der Waals surface area contributed by atoms with Gasteiger partial charge in [-0.1, -0.05) is 13.0 Å². The summed E-state index contributed by atoms with van der Waals surface area (Å²) >= 11 is 0. The number of aliphatic carboxylic acids is 1. The number of sulfone groups is 1. The van der Waals surface area contributed by atoms with E-state index in [9.17, 15) is 18.0 Å². The molecule has 1 amide bonds. The molecule has 0 saturated heterocycles. The van der Waals surface area contributed by atoms with Gasteiger partial charge in [-0.05, 0) is 43.4 Å². The largest absolute Gasteiger partial charge is 0.481 e. The maximum atomic E-state index is 12.5. The molecule has 0 aliphatic heterocycles. The number of hydrogen-bond acceptors (Lipinski definition) is 4. The van der Waals surface area contributed by atoms with Gasteiger partial charge in [0.05, 0.1) is 10.8 Å². The third-order valence-electron chi connectivity index (χ3n) is 4.25. The number of carbonyl (C=O) groups is 2. The van der Waals surface area contributed by atoms with Gasteiger partial charge in [0.15, 0.2) is 9.84 Å².